The van der Waals surface area contributed by atoms with Crippen LogP contribution in [0.15, 0.2) is 63.3 Å². The zero-order valence-corrected chi connectivity index (χ0v) is 15.2. The van der Waals surface area contributed by atoms with E-state index in [1.165, 1.54) is 11.8 Å². The minimum atomic E-state index is -3.14. The van der Waals surface area contributed by atoms with E-state index in [-0.39, 0.29) is 5.84 Å². The summed E-state index contributed by atoms with van der Waals surface area (Å²) in [6, 6.07) is 13.7. The van der Waals surface area contributed by atoms with Gasteiger partial charge in [0.25, 0.3) is 0 Å². The van der Waals surface area contributed by atoms with Gasteiger partial charge in [0.15, 0.2) is 0 Å². The number of amidine groups is 1. The molecule has 2 aliphatic heterocycles. The Morgan fingerprint density at radius 3 is 2.59 bits per heavy atom. The fourth-order valence-corrected chi connectivity index (χ4v) is 3.63. The third-order valence-corrected chi connectivity index (χ3v) is 5.01. The summed E-state index contributed by atoms with van der Waals surface area (Å²) in [7, 11) is 0. The molecule has 0 aliphatic carbocycles. The summed E-state index contributed by atoms with van der Waals surface area (Å²) in [6.07, 6.45) is 0. The summed E-state index contributed by atoms with van der Waals surface area (Å²) in [6.45, 7) is -17.0. The zero-order valence-electron chi connectivity index (χ0n) is 24.3. The minimum Gasteiger partial charge on any atom is -0.394 e. The minimum absolute atomic E-state index is 0.250. The van der Waals surface area contributed by atoms with E-state index >= 15 is 0 Å². The van der Waals surface area contributed by atoms with Gasteiger partial charge in [-0.15, -0.1) is 0 Å². The normalized spacial score (nSPS) is 30.6. The number of hydrogen-bond acceptors (Lipinski definition) is 6. The summed E-state index contributed by atoms with van der Waals surface area (Å²) in [5.74, 6) is -0.250. The molecule has 2 aromatic carbocycles. The van der Waals surface area contributed by atoms with Crippen LogP contribution >= 0.6 is 11.8 Å². The van der Waals surface area contributed by atoms with Gasteiger partial charge in [-0.2, -0.15) is 0 Å². The first-order valence-electron chi connectivity index (χ1n) is 13.3. The van der Waals surface area contributed by atoms with E-state index in [0.717, 1.165) is 4.90 Å². The van der Waals surface area contributed by atoms with E-state index in [1.54, 1.807) is 48.5 Å². The summed E-state index contributed by atoms with van der Waals surface area (Å²) in [5, 5.41) is 9.18. The molecule has 0 amide bonds. The van der Waals surface area contributed by atoms with Gasteiger partial charge >= 0.3 is 0 Å². The number of hydrogen-bond donors (Lipinski definition) is 1. The SMILES string of the molecule is [2H]C([2H])(O)COCCN1C([2H])([2H])C([2H])([2H])N(C2=Nc3ccccc3Sc3ccccc32)C([2H])([2H])C1([2H])[2H]. The average molecular weight is 394 g/mol. The number of piperazine rings is 1. The van der Waals surface area contributed by atoms with Crippen molar-refractivity contribution >= 4 is 23.3 Å². The van der Waals surface area contributed by atoms with Crippen LogP contribution in [0.25, 0.3) is 0 Å². The highest BCUT2D eigenvalue weighted by Gasteiger charge is 2.24. The van der Waals surface area contributed by atoms with Crippen LogP contribution in [-0.4, -0.2) is 73.0 Å². The Kier molecular flexibility index (Phi) is 3.31. The Labute approximate surface area is 178 Å². The number of rotatable bonds is 5. The van der Waals surface area contributed by atoms with Crippen LogP contribution in [0.1, 0.15) is 19.3 Å². The van der Waals surface area contributed by atoms with Crippen molar-refractivity contribution in [2.24, 2.45) is 4.99 Å². The van der Waals surface area contributed by atoms with Crippen LogP contribution < -0.4 is 0 Å². The molecule has 0 aromatic heterocycles. The monoisotopic (exact) mass is 393 g/mol. The van der Waals surface area contributed by atoms with Crippen LogP contribution in [0.5, 0.6) is 0 Å². The molecule has 1 N–H and O–H groups in total. The predicted molar refractivity (Wildman–Crippen MR) is 109 cm³/mol. The largest absolute Gasteiger partial charge is 0.394 e. The lowest BCUT2D eigenvalue weighted by atomic mass is 10.1. The van der Waals surface area contributed by atoms with Gasteiger partial charge in [0, 0.05) is 53.4 Å². The second-order valence-corrected chi connectivity index (χ2v) is 6.73. The highest BCUT2D eigenvalue weighted by Crippen LogP contribution is 2.40. The lowest BCUT2D eigenvalue weighted by Crippen LogP contribution is -2.49. The fraction of sp³-hybridized carbons (Fsp3) is 0.381. The molecule has 142 valence electrons. The van der Waals surface area contributed by atoms with E-state index in [0.29, 0.717) is 25.9 Å². The van der Waals surface area contributed by atoms with Crippen molar-refractivity contribution in [3.63, 3.8) is 0 Å². The molecule has 1 saturated heterocycles. The predicted octanol–water partition coefficient (Wildman–Crippen LogP) is 2.86. The molecule has 0 spiro atoms. The van der Waals surface area contributed by atoms with Gasteiger partial charge in [-0.05, 0) is 18.2 Å². The van der Waals surface area contributed by atoms with Crippen LogP contribution in [0.4, 0.5) is 5.69 Å². The van der Waals surface area contributed by atoms with Crippen molar-refractivity contribution in [3.8, 4) is 0 Å². The van der Waals surface area contributed by atoms with Crippen molar-refractivity contribution in [3.05, 3.63) is 54.1 Å². The average Bonchev–Trinajstić information content (AvgIpc) is 2.93. The van der Waals surface area contributed by atoms with Gasteiger partial charge in [0.1, 0.15) is 5.84 Å². The summed E-state index contributed by atoms with van der Waals surface area (Å²) < 4.78 is 89.0. The van der Waals surface area contributed by atoms with Crippen LogP contribution in [-0.2, 0) is 4.74 Å². The van der Waals surface area contributed by atoms with Crippen molar-refractivity contribution in [1.29, 1.82) is 0 Å². The number of nitrogens with zero attached hydrogens (tertiary/aromatic N) is 3. The number of para-hydroxylation sites is 1. The molecule has 6 heteroatoms. The molecular formula is C21H25N3O2S. The second-order valence-electron chi connectivity index (χ2n) is 5.65. The lowest BCUT2D eigenvalue weighted by molar-refractivity contribution is 0.0652. The van der Waals surface area contributed by atoms with Crippen LogP contribution in [0.3, 0.4) is 0 Å². The quantitative estimate of drug-likeness (QED) is 0.792. The molecule has 1 fully saturated rings. The van der Waals surface area contributed by atoms with Gasteiger partial charge in [-0.3, -0.25) is 4.90 Å². The summed E-state index contributed by atoms with van der Waals surface area (Å²) >= 11 is 1.34. The molecular weight excluding hydrogens is 358 g/mol. The Balaban J connectivity index is 1.83. The van der Waals surface area contributed by atoms with Gasteiger partial charge in [-0.25, -0.2) is 4.99 Å². The third kappa shape index (κ3) is 4.35. The molecule has 5 nitrogen and oxygen atoms in total. The first kappa shape index (κ1) is 10.1. The molecule has 27 heavy (non-hydrogen) atoms. The zero-order chi connectivity index (χ0) is 27.4. The first-order valence-corrected chi connectivity index (χ1v) is 9.17. The maximum atomic E-state index is 9.18. The van der Waals surface area contributed by atoms with Crippen LogP contribution in [0, 0.1) is 0 Å². The van der Waals surface area contributed by atoms with E-state index < -0.39 is 52.3 Å². The van der Waals surface area contributed by atoms with Gasteiger partial charge in [0.2, 0.25) is 0 Å². The molecule has 0 saturated carbocycles. The molecule has 0 radical (unpaired) electrons. The maximum absolute atomic E-state index is 9.18. The lowest BCUT2D eigenvalue weighted by Gasteiger charge is -2.36. The first-order chi connectivity index (χ1) is 17.0. The number of aliphatic imine (C=N–C) groups is 1. The molecule has 2 aliphatic rings. The second kappa shape index (κ2) is 8.89. The summed E-state index contributed by atoms with van der Waals surface area (Å²) in [5.41, 5.74) is 0.727. The van der Waals surface area contributed by atoms with Gasteiger partial charge in [0.05, 0.1) is 33.7 Å². The molecule has 0 bridgehead atoms. The number of benzene rings is 2. The Bertz CT molecular complexity index is 1180. The van der Waals surface area contributed by atoms with Gasteiger partial charge in [-0.1, -0.05) is 42.1 Å². The maximum Gasteiger partial charge on any atom is 0.137 e. The summed E-state index contributed by atoms with van der Waals surface area (Å²) in [4.78, 5) is 6.74. The van der Waals surface area contributed by atoms with Crippen molar-refractivity contribution in [2.75, 3.05) is 52.3 Å². The molecule has 2 aromatic rings. The molecule has 0 atom stereocenters. The Morgan fingerprint density at radius 1 is 1.04 bits per heavy atom. The van der Waals surface area contributed by atoms with E-state index in [1.807, 2.05) is 0 Å². The Morgan fingerprint density at radius 2 is 1.78 bits per heavy atom. The Hall–Kier alpha value is -1.86. The highest BCUT2D eigenvalue weighted by atomic mass is 32.2. The standard InChI is InChI=1S/C21H25N3O2S/c25-14-16-26-15-13-23-9-11-24(12-10-23)21-17-5-1-3-7-19(17)27-20-8-4-2-6-18(20)22-21/h1-8,25H,9-16H2/i9D2,10D2,11D2,12D2,14D2. The van der Waals surface area contributed by atoms with Crippen molar-refractivity contribution in [2.45, 2.75) is 9.79 Å². The molecule has 2 heterocycles. The van der Waals surface area contributed by atoms with E-state index in [9.17, 15) is 5.11 Å². The topological polar surface area (TPSA) is 48.3 Å². The van der Waals surface area contributed by atoms with Crippen molar-refractivity contribution in [1.82, 2.24) is 9.80 Å². The third-order valence-electron chi connectivity index (χ3n) is 3.87. The number of ether oxygens (including phenoxy) is 1. The van der Waals surface area contributed by atoms with E-state index in [2.05, 4.69) is 4.99 Å². The van der Waals surface area contributed by atoms with Gasteiger partial charge < -0.3 is 14.7 Å². The van der Waals surface area contributed by atoms with Crippen LogP contribution in [0.2, 0.25) is 0 Å². The van der Waals surface area contributed by atoms with E-state index in [4.69, 9.17) is 18.4 Å². The molecule has 4 rings (SSSR count). The smallest absolute Gasteiger partial charge is 0.137 e. The van der Waals surface area contributed by atoms with Crippen molar-refractivity contribution < 1.29 is 23.6 Å². The number of aliphatic hydroxyl groups is 1. The fourth-order valence-electron chi connectivity index (χ4n) is 2.61. The molecule has 0 unspecified atom stereocenters. The highest BCUT2D eigenvalue weighted by molar-refractivity contribution is 7.99. The number of fused-ring (bicyclic) bond motifs is 2.